The highest BCUT2D eigenvalue weighted by atomic mass is 16.7. The van der Waals surface area contributed by atoms with E-state index in [1.54, 1.807) is 0 Å². The van der Waals surface area contributed by atoms with Gasteiger partial charge in [-0.2, -0.15) is 0 Å². The van der Waals surface area contributed by atoms with Crippen molar-refractivity contribution in [2.75, 3.05) is 6.61 Å². The smallest absolute Gasteiger partial charge is 0.206 e. The molecule has 1 aliphatic carbocycles. The maximum Gasteiger partial charge on any atom is 0.206 e. The van der Waals surface area contributed by atoms with E-state index in [-0.39, 0.29) is 23.4 Å². The van der Waals surface area contributed by atoms with Crippen LogP contribution in [-0.2, 0) is 14.3 Å². The summed E-state index contributed by atoms with van der Waals surface area (Å²) in [6.45, 7) is 4.96. The van der Waals surface area contributed by atoms with Crippen LogP contribution in [0.4, 0.5) is 0 Å². The van der Waals surface area contributed by atoms with Crippen LogP contribution in [0.5, 0.6) is 0 Å². The lowest BCUT2D eigenvalue weighted by molar-refractivity contribution is -0.118. The van der Waals surface area contributed by atoms with Gasteiger partial charge in [0.1, 0.15) is 5.76 Å². The highest BCUT2D eigenvalue weighted by Crippen LogP contribution is 2.48. The standard InChI is InChI=1S/C12H16O3/c1-12(2)5-8(13)10-7-3-4-14-11(7)15-9(10)6-12/h7,11H,3-6H2,1-2H3/t7-,11+/m0/s1. The molecule has 2 heterocycles. The third-order valence-electron chi connectivity index (χ3n) is 3.55. The van der Waals surface area contributed by atoms with Crippen molar-refractivity contribution in [2.24, 2.45) is 11.3 Å². The van der Waals surface area contributed by atoms with Crippen LogP contribution in [0.25, 0.3) is 0 Å². The minimum Gasteiger partial charge on any atom is -0.468 e. The summed E-state index contributed by atoms with van der Waals surface area (Å²) in [6.07, 6.45) is 2.31. The number of carbonyl (C=O) groups excluding carboxylic acids is 1. The molecule has 3 aliphatic rings. The van der Waals surface area contributed by atoms with E-state index in [2.05, 4.69) is 13.8 Å². The van der Waals surface area contributed by atoms with Gasteiger partial charge in [-0.15, -0.1) is 0 Å². The second-order valence-corrected chi connectivity index (χ2v) is 5.53. The average molecular weight is 208 g/mol. The monoisotopic (exact) mass is 208 g/mol. The van der Waals surface area contributed by atoms with Crippen molar-refractivity contribution in [1.82, 2.24) is 0 Å². The summed E-state index contributed by atoms with van der Waals surface area (Å²) in [5.41, 5.74) is 0.992. The van der Waals surface area contributed by atoms with E-state index >= 15 is 0 Å². The molecule has 0 N–H and O–H groups in total. The highest BCUT2D eigenvalue weighted by molar-refractivity contribution is 5.98. The molecular weight excluding hydrogens is 192 g/mol. The van der Waals surface area contributed by atoms with Gasteiger partial charge < -0.3 is 9.47 Å². The molecule has 3 rings (SSSR count). The Morgan fingerprint density at radius 3 is 2.93 bits per heavy atom. The second-order valence-electron chi connectivity index (χ2n) is 5.53. The van der Waals surface area contributed by atoms with Crippen molar-refractivity contribution in [2.45, 2.75) is 39.4 Å². The maximum atomic E-state index is 12.0. The molecule has 1 fully saturated rings. The van der Waals surface area contributed by atoms with E-state index in [9.17, 15) is 4.79 Å². The summed E-state index contributed by atoms with van der Waals surface area (Å²) in [6, 6.07) is 0. The van der Waals surface area contributed by atoms with Gasteiger partial charge in [0.05, 0.1) is 12.5 Å². The molecule has 0 aromatic heterocycles. The summed E-state index contributed by atoms with van der Waals surface area (Å²) < 4.78 is 11.2. The van der Waals surface area contributed by atoms with Gasteiger partial charge in [-0.3, -0.25) is 4.79 Å². The molecule has 0 aromatic rings. The lowest BCUT2D eigenvalue weighted by Crippen LogP contribution is -2.26. The summed E-state index contributed by atoms with van der Waals surface area (Å²) >= 11 is 0. The van der Waals surface area contributed by atoms with Crippen molar-refractivity contribution < 1.29 is 14.3 Å². The Morgan fingerprint density at radius 2 is 2.13 bits per heavy atom. The van der Waals surface area contributed by atoms with E-state index in [4.69, 9.17) is 9.47 Å². The first-order valence-electron chi connectivity index (χ1n) is 5.61. The number of allylic oxidation sites excluding steroid dienone is 1. The molecule has 0 saturated carbocycles. The lowest BCUT2D eigenvalue weighted by Gasteiger charge is -2.29. The van der Waals surface area contributed by atoms with E-state index < -0.39 is 0 Å². The molecule has 2 aliphatic heterocycles. The van der Waals surface area contributed by atoms with Crippen molar-refractivity contribution in [3.8, 4) is 0 Å². The molecule has 1 saturated heterocycles. The van der Waals surface area contributed by atoms with Crippen LogP contribution in [0.15, 0.2) is 11.3 Å². The zero-order valence-corrected chi connectivity index (χ0v) is 9.21. The fourth-order valence-corrected chi connectivity index (χ4v) is 2.90. The molecule has 15 heavy (non-hydrogen) atoms. The number of carbonyl (C=O) groups is 1. The third-order valence-corrected chi connectivity index (χ3v) is 3.55. The maximum absolute atomic E-state index is 12.0. The number of ketones is 1. The van der Waals surface area contributed by atoms with E-state index in [1.807, 2.05) is 0 Å². The van der Waals surface area contributed by atoms with Crippen LogP contribution in [0, 0.1) is 11.3 Å². The number of ether oxygens (including phenoxy) is 2. The summed E-state index contributed by atoms with van der Waals surface area (Å²) in [5.74, 6) is 1.41. The lowest BCUT2D eigenvalue weighted by atomic mass is 9.74. The molecule has 3 nitrogen and oxygen atoms in total. The average Bonchev–Trinajstić information content (AvgIpc) is 2.58. The van der Waals surface area contributed by atoms with Gasteiger partial charge in [0.25, 0.3) is 0 Å². The van der Waals surface area contributed by atoms with E-state index in [1.165, 1.54) is 0 Å². The quantitative estimate of drug-likeness (QED) is 0.611. The van der Waals surface area contributed by atoms with Crippen molar-refractivity contribution in [3.05, 3.63) is 11.3 Å². The van der Waals surface area contributed by atoms with Crippen molar-refractivity contribution >= 4 is 5.78 Å². The largest absolute Gasteiger partial charge is 0.468 e. The van der Waals surface area contributed by atoms with Crippen LogP contribution >= 0.6 is 0 Å². The number of fused-ring (bicyclic) bond motifs is 2. The van der Waals surface area contributed by atoms with Gasteiger partial charge in [-0.05, 0) is 11.8 Å². The predicted molar refractivity (Wildman–Crippen MR) is 54.0 cm³/mol. The van der Waals surface area contributed by atoms with Gasteiger partial charge >= 0.3 is 0 Å². The molecule has 82 valence electrons. The summed E-state index contributed by atoms with van der Waals surface area (Å²) in [5, 5.41) is 0. The van der Waals surface area contributed by atoms with Gasteiger partial charge in [-0.25, -0.2) is 0 Å². The molecular formula is C12H16O3. The van der Waals surface area contributed by atoms with Gasteiger partial charge in [0.2, 0.25) is 6.29 Å². The number of hydrogen-bond donors (Lipinski definition) is 0. The Kier molecular flexibility index (Phi) is 1.78. The van der Waals surface area contributed by atoms with Gasteiger partial charge in [0.15, 0.2) is 5.78 Å². The fraction of sp³-hybridized carbons (Fsp3) is 0.750. The molecule has 0 radical (unpaired) electrons. The Labute approximate surface area is 89.4 Å². The minimum atomic E-state index is -0.159. The van der Waals surface area contributed by atoms with Gasteiger partial charge in [-0.1, -0.05) is 13.8 Å². The molecule has 2 atom stereocenters. The first-order chi connectivity index (χ1) is 7.07. The molecule has 0 amide bonds. The SMILES string of the molecule is CC1(C)CC(=O)C2=C(C1)O[C@H]1OCC[C@@H]21. The van der Waals surface area contributed by atoms with Crippen LogP contribution in [0.1, 0.15) is 33.1 Å². The molecule has 0 aromatic carbocycles. The minimum absolute atomic E-state index is 0.0502. The molecule has 0 bridgehead atoms. The Bertz CT molecular complexity index is 354. The summed E-state index contributed by atoms with van der Waals surface area (Å²) in [4.78, 5) is 12.0. The van der Waals surface area contributed by atoms with E-state index in [0.717, 1.165) is 30.8 Å². The highest BCUT2D eigenvalue weighted by Gasteiger charge is 2.48. The zero-order chi connectivity index (χ0) is 10.6. The number of Topliss-reactive ketones (excluding diaryl/α,β-unsaturated/α-hetero) is 1. The van der Waals surface area contributed by atoms with Crippen molar-refractivity contribution in [1.29, 1.82) is 0 Å². The van der Waals surface area contributed by atoms with Crippen LogP contribution in [-0.4, -0.2) is 18.7 Å². The molecule has 3 heteroatoms. The van der Waals surface area contributed by atoms with Crippen LogP contribution in [0.3, 0.4) is 0 Å². The Morgan fingerprint density at radius 1 is 1.33 bits per heavy atom. The molecule has 0 unspecified atom stereocenters. The first kappa shape index (κ1) is 9.40. The third kappa shape index (κ3) is 1.33. The normalized spacial score (nSPS) is 37.6. The first-order valence-corrected chi connectivity index (χ1v) is 5.61. The topological polar surface area (TPSA) is 35.5 Å². The fourth-order valence-electron chi connectivity index (χ4n) is 2.90. The van der Waals surface area contributed by atoms with Crippen molar-refractivity contribution in [3.63, 3.8) is 0 Å². The van der Waals surface area contributed by atoms with Crippen LogP contribution < -0.4 is 0 Å². The zero-order valence-electron chi connectivity index (χ0n) is 9.21. The number of hydrogen-bond acceptors (Lipinski definition) is 3. The van der Waals surface area contributed by atoms with E-state index in [0.29, 0.717) is 6.42 Å². The predicted octanol–water partition coefficient (Wildman–Crippen LogP) is 2.02. The number of rotatable bonds is 0. The second kappa shape index (κ2) is 2.85. The van der Waals surface area contributed by atoms with Crippen LogP contribution in [0.2, 0.25) is 0 Å². The summed E-state index contributed by atoms with van der Waals surface area (Å²) in [7, 11) is 0. The molecule has 0 spiro atoms. The Balaban J connectivity index is 1.97. The van der Waals surface area contributed by atoms with Gasteiger partial charge in [0, 0.05) is 18.4 Å². The Hall–Kier alpha value is -0.830.